The number of carbonyl (C=O) groups is 1. The molecule has 4 rings (SSSR count). The molecule has 0 radical (unpaired) electrons. The van der Waals surface area contributed by atoms with Gasteiger partial charge in [-0.1, -0.05) is 60.7 Å². The van der Waals surface area contributed by atoms with Crippen molar-refractivity contribution in [1.29, 1.82) is 0 Å². The van der Waals surface area contributed by atoms with E-state index in [1.807, 2.05) is 54.6 Å². The fraction of sp³-hybridized carbons (Fsp3) is 0.269. The molecule has 2 unspecified atom stereocenters. The molecule has 172 valence electrons. The molecule has 0 aromatic heterocycles. The quantitative estimate of drug-likeness (QED) is 0.534. The summed E-state index contributed by atoms with van der Waals surface area (Å²) in [5.74, 6) is -0.160. The van der Waals surface area contributed by atoms with Crippen LogP contribution in [0.4, 0.5) is 0 Å². The van der Waals surface area contributed by atoms with Crippen molar-refractivity contribution in [2.45, 2.75) is 17.4 Å². The van der Waals surface area contributed by atoms with Crippen LogP contribution in [-0.4, -0.2) is 50.8 Å². The number of hydrogen-bond donors (Lipinski definition) is 0. The molecule has 0 spiro atoms. The Labute approximate surface area is 195 Å². The van der Waals surface area contributed by atoms with Gasteiger partial charge in [0.2, 0.25) is 15.9 Å². The van der Waals surface area contributed by atoms with Crippen molar-refractivity contribution in [3.05, 3.63) is 96.1 Å². The third-order valence-corrected chi connectivity index (χ3v) is 7.99. The summed E-state index contributed by atoms with van der Waals surface area (Å²) in [5, 5.41) is 0. The Morgan fingerprint density at radius 1 is 0.970 bits per heavy atom. The number of amides is 1. The molecule has 6 nitrogen and oxygen atoms in total. The second-order valence-electron chi connectivity index (χ2n) is 8.30. The van der Waals surface area contributed by atoms with Crippen molar-refractivity contribution in [2.24, 2.45) is 5.92 Å². The third kappa shape index (κ3) is 4.94. The molecule has 3 aromatic carbocycles. The lowest BCUT2D eigenvalue weighted by atomic mass is 9.88. The van der Waals surface area contributed by atoms with Crippen molar-refractivity contribution in [1.82, 2.24) is 9.21 Å². The lowest BCUT2D eigenvalue weighted by Crippen LogP contribution is -2.36. The van der Waals surface area contributed by atoms with E-state index in [4.69, 9.17) is 4.74 Å². The van der Waals surface area contributed by atoms with Gasteiger partial charge in [-0.2, -0.15) is 4.31 Å². The summed E-state index contributed by atoms with van der Waals surface area (Å²) in [7, 11) is -0.351. The van der Waals surface area contributed by atoms with Crippen LogP contribution in [0.3, 0.4) is 0 Å². The van der Waals surface area contributed by atoms with Gasteiger partial charge in [-0.05, 0) is 35.4 Å². The van der Waals surface area contributed by atoms with E-state index in [0.717, 1.165) is 11.1 Å². The van der Waals surface area contributed by atoms with E-state index in [-0.39, 0.29) is 29.8 Å². The molecule has 1 amide bonds. The van der Waals surface area contributed by atoms with Crippen molar-refractivity contribution in [2.75, 3.05) is 27.2 Å². The van der Waals surface area contributed by atoms with Gasteiger partial charge in [-0.3, -0.25) is 4.79 Å². The van der Waals surface area contributed by atoms with Gasteiger partial charge in [0.1, 0.15) is 5.75 Å². The Balaban J connectivity index is 1.65. The maximum atomic E-state index is 13.6. The maximum absolute atomic E-state index is 13.6. The van der Waals surface area contributed by atoms with Gasteiger partial charge in [0.25, 0.3) is 0 Å². The third-order valence-electron chi connectivity index (χ3n) is 6.15. The number of ether oxygens (including phenoxy) is 1. The van der Waals surface area contributed by atoms with Gasteiger partial charge in [-0.25, -0.2) is 8.42 Å². The van der Waals surface area contributed by atoms with Crippen molar-refractivity contribution < 1.29 is 17.9 Å². The Hall–Kier alpha value is -3.16. The minimum absolute atomic E-state index is 0.0718. The van der Waals surface area contributed by atoms with Crippen LogP contribution < -0.4 is 4.74 Å². The molecule has 2 atom stereocenters. The highest BCUT2D eigenvalue weighted by atomic mass is 32.2. The largest absolute Gasteiger partial charge is 0.497 e. The van der Waals surface area contributed by atoms with Crippen molar-refractivity contribution in [3.8, 4) is 5.75 Å². The zero-order valence-electron chi connectivity index (χ0n) is 18.8. The van der Waals surface area contributed by atoms with Gasteiger partial charge >= 0.3 is 0 Å². The van der Waals surface area contributed by atoms with Crippen LogP contribution in [0.5, 0.6) is 5.75 Å². The molecular weight excluding hydrogens is 436 g/mol. The molecule has 1 aliphatic rings. The smallest absolute Gasteiger partial charge is 0.243 e. The highest BCUT2D eigenvalue weighted by Crippen LogP contribution is 2.38. The molecule has 1 saturated heterocycles. The van der Waals surface area contributed by atoms with Crippen molar-refractivity contribution in [3.63, 3.8) is 0 Å². The molecule has 7 heteroatoms. The van der Waals surface area contributed by atoms with Gasteiger partial charge < -0.3 is 9.64 Å². The second kappa shape index (κ2) is 9.77. The van der Waals surface area contributed by atoms with Crippen LogP contribution in [0, 0.1) is 5.92 Å². The van der Waals surface area contributed by atoms with Gasteiger partial charge in [0.05, 0.1) is 17.9 Å². The standard InChI is InChI=1S/C26H28N2O4S/c1-27(17-20-10-5-3-6-11-20)26(29)25-19-28(33(30,31)23-14-7-4-8-15-23)18-24(25)21-12-9-13-22(16-21)32-2/h3-16,24-25H,17-19H2,1-2H3. The van der Waals surface area contributed by atoms with E-state index >= 15 is 0 Å². The number of sulfonamides is 1. The number of rotatable bonds is 7. The molecule has 0 saturated carbocycles. The normalized spacial score (nSPS) is 18.7. The zero-order chi connectivity index (χ0) is 23.4. The summed E-state index contributed by atoms with van der Waals surface area (Å²) < 4.78 is 33.5. The van der Waals surface area contributed by atoms with Crippen LogP contribution in [0.2, 0.25) is 0 Å². The molecular formula is C26H28N2O4S. The van der Waals surface area contributed by atoms with Crippen LogP contribution in [0.25, 0.3) is 0 Å². The van der Waals surface area contributed by atoms with E-state index in [1.165, 1.54) is 4.31 Å². The van der Waals surface area contributed by atoms with Crippen LogP contribution in [0.15, 0.2) is 89.8 Å². The zero-order valence-corrected chi connectivity index (χ0v) is 19.6. The Morgan fingerprint density at radius 2 is 1.64 bits per heavy atom. The van der Waals surface area contributed by atoms with Gasteiger partial charge in [0, 0.05) is 32.6 Å². The monoisotopic (exact) mass is 464 g/mol. The number of hydrogen-bond acceptors (Lipinski definition) is 4. The lowest BCUT2D eigenvalue weighted by Gasteiger charge is -2.25. The molecule has 1 fully saturated rings. The first kappa shape index (κ1) is 23.0. The number of carbonyl (C=O) groups excluding carboxylic acids is 1. The van der Waals surface area contributed by atoms with E-state index in [1.54, 1.807) is 49.4 Å². The number of benzene rings is 3. The summed E-state index contributed by atoms with van der Waals surface area (Å²) in [5.41, 5.74) is 1.92. The minimum Gasteiger partial charge on any atom is -0.497 e. The first-order valence-electron chi connectivity index (χ1n) is 10.9. The van der Waals surface area contributed by atoms with Gasteiger partial charge in [0.15, 0.2) is 0 Å². The van der Waals surface area contributed by atoms with Gasteiger partial charge in [-0.15, -0.1) is 0 Å². The molecule has 1 heterocycles. The maximum Gasteiger partial charge on any atom is 0.243 e. The van der Waals surface area contributed by atoms with E-state index in [0.29, 0.717) is 12.3 Å². The van der Waals surface area contributed by atoms with Crippen LogP contribution >= 0.6 is 0 Å². The molecule has 0 N–H and O–H groups in total. The first-order valence-corrected chi connectivity index (χ1v) is 12.3. The summed E-state index contributed by atoms with van der Waals surface area (Å²) in [6, 6.07) is 25.7. The molecule has 3 aromatic rings. The molecule has 1 aliphatic heterocycles. The minimum atomic E-state index is -3.71. The summed E-state index contributed by atoms with van der Waals surface area (Å²) in [6.07, 6.45) is 0. The SMILES string of the molecule is COc1cccc(C2CN(S(=O)(=O)c3ccccc3)CC2C(=O)N(C)Cc2ccccc2)c1. The van der Waals surface area contributed by atoms with Crippen LogP contribution in [-0.2, 0) is 21.4 Å². The average Bonchev–Trinajstić information content (AvgIpc) is 3.31. The highest BCUT2D eigenvalue weighted by molar-refractivity contribution is 7.89. The summed E-state index contributed by atoms with van der Waals surface area (Å²) in [4.78, 5) is 15.5. The van der Waals surface area contributed by atoms with E-state index in [2.05, 4.69) is 0 Å². The van der Waals surface area contributed by atoms with E-state index < -0.39 is 15.9 Å². The van der Waals surface area contributed by atoms with E-state index in [9.17, 15) is 13.2 Å². The Kier molecular flexibility index (Phi) is 6.81. The predicted octanol–water partition coefficient (Wildman–Crippen LogP) is 3.76. The Morgan fingerprint density at radius 3 is 2.30 bits per heavy atom. The first-order chi connectivity index (χ1) is 15.9. The summed E-state index contributed by atoms with van der Waals surface area (Å²) >= 11 is 0. The second-order valence-corrected chi connectivity index (χ2v) is 10.2. The average molecular weight is 465 g/mol. The molecule has 0 aliphatic carbocycles. The predicted molar refractivity (Wildman–Crippen MR) is 127 cm³/mol. The van der Waals surface area contributed by atoms with Crippen LogP contribution in [0.1, 0.15) is 17.0 Å². The number of methoxy groups -OCH3 is 1. The fourth-order valence-corrected chi connectivity index (χ4v) is 5.90. The fourth-order valence-electron chi connectivity index (χ4n) is 4.38. The topological polar surface area (TPSA) is 66.9 Å². The highest BCUT2D eigenvalue weighted by Gasteiger charge is 2.44. The summed E-state index contributed by atoms with van der Waals surface area (Å²) in [6.45, 7) is 0.837. The molecule has 0 bridgehead atoms. The number of nitrogens with zero attached hydrogens (tertiary/aromatic N) is 2. The van der Waals surface area contributed by atoms with Crippen molar-refractivity contribution >= 4 is 15.9 Å². The molecule has 33 heavy (non-hydrogen) atoms. The Bertz CT molecular complexity index is 1200. The lowest BCUT2D eigenvalue weighted by molar-refractivity contribution is -0.134.